The first-order valence-corrected chi connectivity index (χ1v) is 5.69. The maximum Gasteiger partial charge on any atom is 0.406 e. The lowest BCUT2D eigenvalue weighted by Crippen LogP contribution is -2.51. The van der Waals surface area contributed by atoms with Crippen LogP contribution in [0.3, 0.4) is 0 Å². The first-order chi connectivity index (χ1) is 9.10. The molecule has 2 N–H and O–H groups in total. The zero-order valence-corrected chi connectivity index (χ0v) is 10.6. The van der Waals surface area contributed by atoms with Crippen molar-refractivity contribution < 1.29 is 32.7 Å². The highest BCUT2D eigenvalue weighted by Crippen LogP contribution is 2.17. The fourth-order valence-electron chi connectivity index (χ4n) is 1.78. The fourth-order valence-corrected chi connectivity index (χ4v) is 1.78. The second kappa shape index (κ2) is 5.97. The molecule has 20 heavy (non-hydrogen) atoms. The molecule has 7 nitrogen and oxygen atoms in total. The summed E-state index contributed by atoms with van der Waals surface area (Å²) in [5, 5.41) is 10.6. The molecule has 0 spiro atoms. The number of amides is 3. The molecule has 1 atom stereocenters. The van der Waals surface area contributed by atoms with Crippen LogP contribution in [0.5, 0.6) is 0 Å². The summed E-state index contributed by atoms with van der Waals surface area (Å²) in [6.45, 7) is -2.41. The Bertz CT molecular complexity index is 413. The molecule has 0 bridgehead atoms. The van der Waals surface area contributed by atoms with Gasteiger partial charge in [-0.2, -0.15) is 13.2 Å². The number of hydrogen-bond acceptors (Lipinski definition) is 3. The van der Waals surface area contributed by atoms with Crippen LogP contribution in [-0.2, 0) is 9.59 Å². The van der Waals surface area contributed by atoms with Gasteiger partial charge in [-0.15, -0.1) is 0 Å². The molecule has 0 aromatic rings. The molecule has 0 aromatic carbocycles. The zero-order chi connectivity index (χ0) is 15.5. The zero-order valence-electron chi connectivity index (χ0n) is 10.6. The Morgan fingerprint density at radius 1 is 1.50 bits per heavy atom. The molecule has 0 saturated carbocycles. The molecule has 0 radical (unpaired) electrons. The highest BCUT2D eigenvalue weighted by atomic mass is 19.4. The monoisotopic (exact) mass is 297 g/mol. The minimum Gasteiger partial charge on any atom is -0.480 e. The first kappa shape index (κ1) is 16.1. The predicted molar refractivity (Wildman–Crippen MR) is 59.8 cm³/mol. The summed E-state index contributed by atoms with van der Waals surface area (Å²) in [7, 11) is 1.50. The maximum absolute atomic E-state index is 12.3. The van der Waals surface area contributed by atoms with E-state index in [-0.39, 0.29) is 11.3 Å². The van der Waals surface area contributed by atoms with Gasteiger partial charge in [0.05, 0.1) is 0 Å². The van der Waals surface area contributed by atoms with Gasteiger partial charge in [0, 0.05) is 13.6 Å². The maximum atomic E-state index is 12.3. The second-order valence-electron chi connectivity index (χ2n) is 4.42. The third kappa shape index (κ3) is 4.59. The van der Waals surface area contributed by atoms with Crippen molar-refractivity contribution >= 4 is 17.9 Å². The van der Waals surface area contributed by atoms with Crippen LogP contribution in [0.2, 0.25) is 0 Å². The Kier molecular flexibility index (Phi) is 4.79. The Balaban J connectivity index is 2.68. The van der Waals surface area contributed by atoms with E-state index < -0.39 is 43.2 Å². The number of urea groups is 1. The number of aliphatic carboxylic acids is 1. The standard InChI is InChI=1S/C10H14F3N3O4/c1-15-3-2-6(8(15)19)14-9(20)16(4-7(17)18)5-10(11,12)13/h6H,2-5H2,1H3,(H,14,20)(H,17,18). The van der Waals surface area contributed by atoms with E-state index in [0.29, 0.717) is 6.54 Å². The summed E-state index contributed by atoms with van der Waals surface area (Å²) < 4.78 is 36.8. The van der Waals surface area contributed by atoms with Crippen molar-refractivity contribution in [1.29, 1.82) is 0 Å². The number of carbonyl (C=O) groups excluding carboxylic acids is 2. The molecule has 1 saturated heterocycles. The average Bonchev–Trinajstić information content (AvgIpc) is 2.57. The van der Waals surface area contributed by atoms with Crippen LogP contribution >= 0.6 is 0 Å². The smallest absolute Gasteiger partial charge is 0.406 e. The van der Waals surface area contributed by atoms with Crippen molar-refractivity contribution in [2.45, 2.75) is 18.6 Å². The Morgan fingerprint density at radius 3 is 2.50 bits per heavy atom. The van der Waals surface area contributed by atoms with Crippen molar-refractivity contribution in [2.75, 3.05) is 26.7 Å². The van der Waals surface area contributed by atoms with Crippen LogP contribution in [0.4, 0.5) is 18.0 Å². The molecule has 1 rings (SSSR count). The molecule has 1 unspecified atom stereocenters. The van der Waals surface area contributed by atoms with Crippen LogP contribution in [0.15, 0.2) is 0 Å². The SMILES string of the molecule is CN1CCC(NC(=O)N(CC(=O)O)CC(F)(F)F)C1=O. The lowest BCUT2D eigenvalue weighted by molar-refractivity contribution is -0.149. The number of carboxylic acids is 1. The number of rotatable bonds is 4. The van der Waals surface area contributed by atoms with Crippen LogP contribution in [0, 0.1) is 0 Å². The normalized spacial score (nSPS) is 19.1. The van der Waals surface area contributed by atoms with Crippen LogP contribution in [0.25, 0.3) is 0 Å². The molecule has 1 aliphatic heterocycles. The van der Waals surface area contributed by atoms with E-state index >= 15 is 0 Å². The van der Waals surface area contributed by atoms with Crippen molar-refractivity contribution in [3.8, 4) is 0 Å². The minimum absolute atomic E-state index is 0.105. The highest BCUT2D eigenvalue weighted by molar-refractivity contribution is 5.89. The van der Waals surface area contributed by atoms with Gasteiger partial charge >= 0.3 is 18.2 Å². The van der Waals surface area contributed by atoms with Gasteiger partial charge in [-0.05, 0) is 6.42 Å². The number of likely N-dealkylation sites (tertiary alicyclic amines) is 1. The molecular weight excluding hydrogens is 283 g/mol. The van der Waals surface area contributed by atoms with E-state index in [9.17, 15) is 27.6 Å². The number of carbonyl (C=O) groups is 3. The molecule has 114 valence electrons. The first-order valence-electron chi connectivity index (χ1n) is 5.69. The van der Waals surface area contributed by atoms with Gasteiger partial charge in [0.2, 0.25) is 5.91 Å². The number of nitrogens with zero attached hydrogens (tertiary/aromatic N) is 2. The van der Waals surface area contributed by atoms with E-state index in [2.05, 4.69) is 5.32 Å². The van der Waals surface area contributed by atoms with Gasteiger partial charge in [0.1, 0.15) is 19.1 Å². The molecular formula is C10H14F3N3O4. The predicted octanol–water partition coefficient (Wildman–Crippen LogP) is -0.124. The summed E-state index contributed by atoms with van der Waals surface area (Å²) in [6, 6.07) is -2.14. The van der Waals surface area contributed by atoms with Gasteiger partial charge < -0.3 is 20.2 Å². The van der Waals surface area contributed by atoms with E-state index in [1.165, 1.54) is 11.9 Å². The van der Waals surface area contributed by atoms with E-state index in [1.807, 2.05) is 0 Å². The second-order valence-corrected chi connectivity index (χ2v) is 4.42. The summed E-state index contributed by atoms with van der Waals surface area (Å²) in [4.78, 5) is 35.1. The van der Waals surface area contributed by atoms with Crippen molar-refractivity contribution in [3.05, 3.63) is 0 Å². The number of likely N-dealkylation sites (N-methyl/N-ethyl adjacent to an activating group) is 1. The number of hydrogen-bond donors (Lipinski definition) is 2. The lowest BCUT2D eigenvalue weighted by Gasteiger charge is -2.24. The van der Waals surface area contributed by atoms with Gasteiger partial charge in [-0.3, -0.25) is 9.59 Å². The minimum atomic E-state index is -4.72. The highest BCUT2D eigenvalue weighted by Gasteiger charge is 2.36. The third-order valence-electron chi connectivity index (χ3n) is 2.71. The molecule has 1 heterocycles. The molecule has 1 fully saturated rings. The quantitative estimate of drug-likeness (QED) is 0.757. The van der Waals surface area contributed by atoms with Gasteiger partial charge in [0.25, 0.3) is 0 Å². The summed E-state index contributed by atoms with van der Waals surface area (Å²) >= 11 is 0. The number of carboxylic acid groups (broad SMARTS) is 1. The number of halogens is 3. The Hall–Kier alpha value is -2.00. The average molecular weight is 297 g/mol. The summed E-state index contributed by atoms with van der Waals surface area (Å²) in [5.41, 5.74) is 0. The Morgan fingerprint density at radius 2 is 2.10 bits per heavy atom. The largest absolute Gasteiger partial charge is 0.480 e. The number of nitrogens with one attached hydrogen (secondary N) is 1. The summed E-state index contributed by atoms with van der Waals surface area (Å²) in [6.07, 6.45) is -4.45. The van der Waals surface area contributed by atoms with Crippen LogP contribution in [-0.4, -0.2) is 71.7 Å². The molecule has 3 amide bonds. The van der Waals surface area contributed by atoms with Crippen molar-refractivity contribution in [2.24, 2.45) is 0 Å². The topological polar surface area (TPSA) is 90.0 Å². The molecule has 0 aliphatic carbocycles. The van der Waals surface area contributed by atoms with Gasteiger partial charge in [-0.25, -0.2) is 4.79 Å². The molecule has 10 heteroatoms. The third-order valence-corrected chi connectivity index (χ3v) is 2.71. The fraction of sp³-hybridized carbons (Fsp3) is 0.700. The van der Waals surface area contributed by atoms with E-state index in [1.54, 1.807) is 0 Å². The van der Waals surface area contributed by atoms with E-state index in [0.717, 1.165) is 0 Å². The van der Waals surface area contributed by atoms with Crippen molar-refractivity contribution in [3.63, 3.8) is 0 Å². The van der Waals surface area contributed by atoms with Crippen LogP contribution in [0.1, 0.15) is 6.42 Å². The van der Waals surface area contributed by atoms with Crippen LogP contribution < -0.4 is 5.32 Å². The van der Waals surface area contributed by atoms with E-state index in [4.69, 9.17) is 5.11 Å². The molecule has 0 aromatic heterocycles. The lowest BCUT2D eigenvalue weighted by atomic mass is 10.2. The molecule has 1 aliphatic rings. The number of alkyl halides is 3. The Labute approximate surface area is 112 Å². The van der Waals surface area contributed by atoms with Crippen molar-refractivity contribution in [1.82, 2.24) is 15.1 Å². The van der Waals surface area contributed by atoms with Gasteiger partial charge in [-0.1, -0.05) is 0 Å². The van der Waals surface area contributed by atoms with Gasteiger partial charge in [0.15, 0.2) is 0 Å². The summed E-state index contributed by atoms with van der Waals surface area (Å²) in [5.74, 6) is -1.99.